The molecule has 1 rings (SSSR count). The van der Waals surface area contributed by atoms with Gasteiger partial charge < -0.3 is 20.2 Å². The SMILES string of the molecule is CN(C)[C@@H]1CC=CC[C@H]1O.O=C(O)C(=O)O. The average Bonchev–Trinajstić information content (AvgIpc) is 2.18. The van der Waals surface area contributed by atoms with Crippen LogP contribution in [-0.2, 0) is 9.59 Å². The van der Waals surface area contributed by atoms with Crippen molar-refractivity contribution in [1.29, 1.82) is 0 Å². The van der Waals surface area contributed by atoms with Gasteiger partial charge in [0.05, 0.1) is 6.10 Å². The first-order valence-electron chi connectivity index (χ1n) is 4.82. The highest BCUT2D eigenvalue weighted by atomic mass is 16.4. The van der Waals surface area contributed by atoms with Crippen LogP contribution in [0.15, 0.2) is 12.2 Å². The van der Waals surface area contributed by atoms with Crippen molar-refractivity contribution in [3.8, 4) is 0 Å². The Morgan fingerprint density at radius 1 is 1.12 bits per heavy atom. The van der Waals surface area contributed by atoms with Crippen LogP contribution in [0.3, 0.4) is 0 Å². The average molecular weight is 231 g/mol. The fourth-order valence-electron chi connectivity index (χ4n) is 1.34. The number of nitrogens with zero attached hydrogens (tertiary/aromatic N) is 1. The lowest BCUT2D eigenvalue weighted by Crippen LogP contribution is -2.39. The third-order valence-corrected chi connectivity index (χ3v) is 2.21. The molecule has 0 heterocycles. The van der Waals surface area contributed by atoms with E-state index >= 15 is 0 Å². The zero-order valence-corrected chi connectivity index (χ0v) is 9.33. The van der Waals surface area contributed by atoms with Crippen molar-refractivity contribution in [1.82, 2.24) is 4.90 Å². The quantitative estimate of drug-likeness (QED) is 0.426. The normalized spacial score (nSPS) is 23.5. The second-order valence-electron chi connectivity index (χ2n) is 3.65. The summed E-state index contributed by atoms with van der Waals surface area (Å²) in [4.78, 5) is 20.3. The molecule has 0 radical (unpaired) electrons. The lowest BCUT2D eigenvalue weighted by Gasteiger charge is -2.29. The molecular weight excluding hydrogens is 214 g/mol. The van der Waals surface area contributed by atoms with Gasteiger partial charge >= 0.3 is 11.9 Å². The first-order valence-corrected chi connectivity index (χ1v) is 4.82. The van der Waals surface area contributed by atoms with Crippen LogP contribution in [0.25, 0.3) is 0 Å². The minimum absolute atomic E-state index is 0.167. The van der Waals surface area contributed by atoms with Crippen molar-refractivity contribution in [2.24, 2.45) is 0 Å². The van der Waals surface area contributed by atoms with Crippen LogP contribution >= 0.6 is 0 Å². The van der Waals surface area contributed by atoms with Crippen molar-refractivity contribution in [3.05, 3.63) is 12.2 Å². The van der Waals surface area contributed by atoms with Crippen LogP contribution in [0.5, 0.6) is 0 Å². The van der Waals surface area contributed by atoms with Gasteiger partial charge in [-0.15, -0.1) is 0 Å². The fourth-order valence-corrected chi connectivity index (χ4v) is 1.34. The summed E-state index contributed by atoms with van der Waals surface area (Å²) in [5.74, 6) is -3.65. The zero-order chi connectivity index (χ0) is 12.7. The molecule has 0 unspecified atom stereocenters. The Kier molecular flexibility index (Phi) is 6.36. The van der Waals surface area contributed by atoms with Gasteiger partial charge in [-0.3, -0.25) is 0 Å². The maximum atomic E-state index is 9.45. The summed E-state index contributed by atoms with van der Waals surface area (Å²) < 4.78 is 0. The molecule has 0 saturated carbocycles. The van der Waals surface area contributed by atoms with Gasteiger partial charge in [0.15, 0.2) is 0 Å². The molecule has 16 heavy (non-hydrogen) atoms. The van der Waals surface area contributed by atoms with E-state index in [1.165, 1.54) is 0 Å². The summed E-state index contributed by atoms with van der Waals surface area (Å²) in [6.07, 6.45) is 5.80. The predicted molar refractivity (Wildman–Crippen MR) is 57.1 cm³/mol. The van der Waals surface area contributed by atoms with E-state index in [-0.39, 0.29) is 6.10 Å². The summed E-state index contributed by atoms with van der Waals surface area (Å²) >= 11 is 0. The molecule has 0 amide bonds. The Bertz CT molecular complexity index is 262. The topological polar surface area (TPSA) is 98.1 Å². The minimum Gasteiger partial charge on any atom is -0.473 e. The van der Waals surface area contributed by atoms with E-state index in [0.717, 1.165) is 12.8 Å². The highest BCUT2D eigenvalue weighted by molar-refractivity contribution is 6.27. The molecule has 0 fully saturated rings. The number of hydrogen-bond donors (Lipinski definition) is 3. The van der Waals surface area contributed by atoms with Gasteiger partial charge in [0, 0.05) is 6.04 Å². The number of likely N-dealkylation sites (N-methyl/N-ethyl adjacent to an activating group) is 1. The largest absolute Gasteiger partial charge is 0.473 e. The summed E-state index contributed by atoms with van der Waals surface area (Å²) in [6, 6.07) is 0.324. The minimum atomic E-state index is -1.82. The molecule has 1 aliphatic rings. The van der Waals surface area contributed by atoms with Crippen LogP contribution in [-0.4, -0.2) is 58.4 Å². The monoisotopic (exact) mass is 231 g/mol. The van der Waals surface area contributed by atoms with Gasteiger partial charge in [-0.25, -0.2) is 9.59 Å². The first-order chi connectivity index (χ1) is 7.36. The molecule has 0 aromatic heterocycles. The molecule has 0 aromatic rings. The maximum absolute atomic E-state index is 9.45. The zero-order valence-electron chi connectivity index (χ0n) is 9.33. The number of aliphatic carboxylic acids is 2. The molecule has 0 spiro atoms. The standard InChI is InChI=1S/C8H15NO.C2H2O4/c1-9(2)7-5-3-4-6-8(7)10;3-1(4)2(5)6/h3-4,7-8,10H,5-6H2,1-2H3;(H,3,4)(H,5,6)/t7-,8-;/m1./s1. The number of carbonyl (C=O) groups is 2. The molecule has 0 aliphatic heterocycles. The van der Waals surface area contributed by atoms with E-state index in [0.29, 0.717) is 6.04 Å². The van der Waals surface area contributed by atoms with Crippen LogP contribution in [0.2, 0.25) is 0 Å². The van der Waals surface area contributed by atoms with E-state index in [2.05, 4.69) is 11.0 Å². The molecular formula is C10H17NO5. The number of hydrogen-bond acceptors (Lipinski definition) is 4. The third kappa shape index (κ3) is 5.47. The Hall–Kier alpha value is -1.40. The van der Waals surface area contributed by atoms with Gasteiger partial charge in [-0.2, -0.15) is 0 Å². The first kappa shape index (κ1) is 14.6. The second kappa shape index (κ2) is 6.97. The fraction of sp³-hybridized carbons (Fsp3) is 0.600. The molecule has 6 heteroatoms. The highest BCUT2D eigenvalue weighted by Crippen LogP contribution is 2.15. The third-order valence-electron chi connectivity index (χ3n) is 2.21. The Morgan fingerprint density at radius 3 is 1.81 bits per heavy atom. The van der Waals surface area contributed by atoms with E-state index in [9.17, 15) is 5.11 Å². The van der Waals surface area contributed by atoms with E-state index < -0.39 is 11.9 Å². The van der Waals surface area contributed by atoms with Gasteiger partial charge in [-0.05, 0) is 26.9 Å². The number of aliphatic hydroxyl groups is 1. The summed E-state index contributed by atoms with van der Waals surface area (Å²) in [7, 11) is 4.01. The molecule has 3 N–H and O–H groups in total. The Balaban J connectivity index is 0.000000325. The van der Waals surface area contributed by atoms with Crippen LogP contribution in [0.4, 0.5) is 0 Å². The molecule has 0 bridgehead atoms. The van der Waals surface area contributed by atoms with Crippen molar-refractivity contribution in [2.45, 2.75) is 25.0 Å². The van der Waals surface area contributed by atoms with Crippen LogP contribution in [0, 0.1) is 0 Å². The molecule has 1 aliphatic carbocycles. The Morgan fingerprint density at radius 2 is 1.56 bits per heavy atom. The number of carboxylic acid groups (broad SMARTS) is 2. The molecule has 92 valence electrons. The number of carboxylic acids is 2. The Labute approximate surface area is 93.8 Å². The van der Waals surface area contributed by atoms with E-state index in [1.54, 1.807) is 0 Å². The molecule has 0 saturated heterocycles. The predicted octanol–water partition coefficient (Wildman–Crippen LogP) is -0.217. The van der Waals surface area contributed by atoms with Crippen molar-refractivity contribution < 1.29 is 24.9 Å². The smallest absolute Gasteiger partial charge is 0.414 e. The van der Waals surface area contributed by atoms with Crippen molar-refractivity contribution >= 4 is 11.9 Å². The summed E-state index contributed by atoms with van der Waals surface area (Å²) in [5, 5.41) is 24.2. The summed E-state index contributed by atoms with van der Waals surface area (Å²) in [5.41, 5.74) is 0. The number of aliphatic hydroxyl groups excluding tert-OH is 1. The van der Waals surface area contributed by atoms with E-state index in [1.807, 2.05) is 20.2 Å². The van der Waals surface area contributed by atoms with Crippen molar-refractivity contribution in [2.75, 3.05) is 14.1 Å². The second-order valence-corrected chi connectivity index (χ2v) is 3.65. The van der Waals surface area contributed by atoms with Crippen molar-refractivity contribution in [3.63, 3.8) is 0 Å². The lowest BCUT2D eigenvalue weighted by atomic mass is 9.98. The summed E-state index contributed by atoms with van der Waals surface area (Å²) in [6.45, 7) is 0. The lowest BCUT2D eigenvalue weighted by molar-refractivity contribution is -0.159. The highest BCUT2D eigenvalue weighted by Gasteiger charge is 2.21. The van der Waals surface area contributed by atoms with Gasteiger partial charge in [-0.1, -0.05) is 12.2 Å². The molecule has 6 nitrogen and oxygen atoms in total. The maximum Gasteiger partial charge on any atom is 0.414 e. The van der Waals surface area contributed by atoms with Gasteiger partial charge in [0.1, 0.15) is 0 Å². The van der Waals surface area contributed by atoms with Gasteiger partial charge in [0.25, 0.3) is 0 Å². The van der Waals surface area contributed by atoms with Gasteiger partial charge in [0.2, 0.25) is 0 Å². The van der Waals surface area contributed by atoms with Crippen LogP contribution in [0.1, 0.15) is 12.8 Å². The van der Waals surface area contributed by atoms with Crippen LogP contribution < -0.4 is 0 Å². The molecule has 0 aromatic carbocycles. The molecule has 2 atom stereocenters. The number of rotatable bonds is 1. The van der Waals surface area contributed by atoms with E-state index in [4.69, 9.17) is 19.8 Å².